The van der Waals surface area contributed by atoms with Gasteiger partial charge in [0, 0.05) is 55.9 Å². The van der Waals surface area contributed by atoms with E-state index < -0.39 is 89.3 Å². The summed E-state index contributed by atoms with van der Waals surface area (Å²) in [5, 5.41) is 21.7. The molecule has 0 aliphatic heterocycles. The van der Waals surface area contributed by atoms with Crippen molar-refractivity contribution < 1.29 is 48.3 Å². The highest BCUT2D eigenvalue weighted by atomic mass is 16.4. The number of rotatable bonds is 43. The zero-order chi connectivity index (χ0) is 65.0. The van der Waals surface area contributed by atoms with E-state index in [0.29, 0.717) is 44.9 Å². The number of nitrogens with one attached hydrogen (secondary N) is 4. The Labute approximate surface area is 530 Å². The molecule has 0 spiro atoms. The highest BCUT2D eigenvalue weighted by Gasteiger charge is 2.35. The maximum atomic E-state index is 14.3. The van der Waals surface area contributed by atoms with Gasteiger partial charge in [0.15, 0.2) is 23.1 Å². The highest BCUT2D eigenvalue weighted by Crippen LogP contribution is 2.23. The van der Waals surface area contributed by atoms with E-state index >= 15 is 0 Å². The lowest BCUT2D eigenvalue weighted by Gasteiger charge is -2.26. The third kappa shape index (κ3) is 30.2. The number of aliphatic carboxylic acids is 1. The number of amides is 4. The Balaban J connectivity index is 0.00000890. The van der Waals surface area contributed by atoms with E-state index in [0.717, 1.165) is 22.3 Å². The molecule has 0 aliphatic rings. The van der Waals surface area contributed by atoms with Crippen molar-refractivity contribution in [1.29, 1.82) is 0 Å². The topological polar surface area (TPSA) is 326 Å². The van der Waals surface area contributed by atoms with Gasteiger partial charge >= 0.3 is 5.97 Å². The van der Waals surface area contributed by atoms with Crippen LogP contribution in [0.25, 0.3) is 0 Å². The Bertz CT molecular complexity index is 2730. The Morgan fingerprint density at radius 2 is 0.719 bits per heavy atom. The van der Waals surface area contributed by atoms with Gasteiger partial charge in [-0.05, 0) is 131 Å². The lowest BCUT2D eigenvalue weighted by molar-refractivity contribution is -0.143. The molecule has 0 heterocycles. The van der Waals surface area contributed by atoms with Gasteiger partial charge in [0.2, 0.25) is 23.6 Å². The van der Waals surface area contributed by atoms with E-state index in [2.05, 4.69) is 21.3 Å². The quantitative estimate of drug-likeness (QED) is 0.0190. The van der Waals surface area contributed by atoms with Crippen LogP contribution in [-0.4, -0.2) is 108 Å². The maximum absolute atomic E-state index is 14.3. The summed E-state index contributed by atoms with van der Waals surface area (Å²) in [7, 11) is 0. The number of hydrogen-bond acceptors (Lipinski definition) is 13. The van der Waals surface area contributed by atoms with Crippen LogP contribution in [0.4, 0.5) is 0 Å². The van der Waals surface area contributed by atoms with Gasteiger partial charge in [-0.25, -0.2) is 4.79 Å². The predicted octanol–water partition coefficient (Wildman–Crippen LogP) is 7.97. The zero-order valence-corrected chi connectivity index (χ0v) is 53.0. The summed E-state index contributed by atoms with van der Waals surface area (Å²) < 4.78 is 0. The number of carbonyl (C=O) groups is 9. The zero-order valence-electron chi connectivity index (χ0n) is 53.0. The molecular weight excluding hydrogens is 1120 g/mol. The number of unbranched alkanes of at least 4 members (excludes halogenated alkanes) is 1. The second-order valence-corrected chi connectivity index (χ2v) is 23.9. The summed E-state index contributed by atoms with van der Waals surface area (Å²) in [5.41, 5.74) is 27.9. The normalized spacial score (nSPS) is 14.1. The van der Waals surface area contributed by atoms with Crippen molar-refractivity contribution in [3.8, 4) is 0 Å². The Hall–Kier alpha value is -7.25. The van der Waals surface area contributed by atoms with Crippen LogP contribution in [0, 0.1) is 35.5 Å². The Morgan fingerprint density at radius 3 is 1.06 bits per heavy atom. The van der Waals surface area contributed by atoms with Gasteiger partial charge in [-0.2, -0.15) is 0 Å². The minimum atomic E-state index is -1.33. The van der Waals surface area contributed by atoms with Gasteiger partial charge in [-0.1, -0.05) is 170 Å². The first-order chi connectivity index (χ1) is 42.2. The van der Waals surface area contributed by atoms with Gasteiger partial charge in [0.05, 0.1) is 24.2 Å². The van der Waals surface area contributed by atoms with Crippen LogP contribution in [0.3, 0.4) is 0 Å². The van der Waals surface area contributed by atoms with Crippen molar-refractivity contribution in [2.24, 2.45) is 58.4 Å². The second kappa shape index (κ2) is 43.4. The lowest BCUT2D eigenvalue weighted by Crippen LogP contribution is -2.48. The van der Waals surface area contributed by atoms with Gasteiger partial charge < -0.3 is 49.3 Å². The first kappa shape index (κ1) is 77.8. The highest BCUT2D eigenvalue weighted by molar-refractivity contribution is 5.96. The average molecular weight is 1230 g/mol. The summed E-state index contributed by atoms with van der Waals surface area (Å²) >= 11 is 0. The molecule has 0 saturated heterocycles. The molecule has 0 unspecified atom stereocenters. The smallest absolute Gasteiger partial charge is 0.326 e. The van der Waals surface area contributed by atoms with E-state index in [9.17, 15) is 48.3 Å². The first-order valence-corrected chi connectivity index (χ1v) is 31.8. The molecule has 4 amide bonds. The molecule has 0 radical (unpaired) electrons. The standard InChI is InChI=1S/C68H96N8O10.C2H6.CH4/c1-45(2)35-58(75-66(83)53(37-47-21-9-5-10-22-47)43-60(77)55(71)39-49-25-13-7-14-26-49)62(79)41-51(29-19-32-69)64(81)73-34-18-17-31-57(68(85)86)74-65(82)52(30-20-33-70)42-63(80)59(36-46(3)4)76-67(84)54(38-48-23-11-6-12-24-48)44-61(78)56(72)40-50-27-15-8-16-28-50;1-2;/h5-16,21-28,45-46,51-59H,17-20,29-44,69-72H2,1-4H3,(H,73,81)(H,74,82)(H,75,83)(H,76,84)(H,85,86);1-2H3;1H4/t51-,52-,53-,54-,55+,56+,57+,58+,59+;;/m0../s1. The van der Waals surface area contributed by atoms with E-state index in [4.69, 9.17) is 22.9 Å². The number of carboxylic acid groups (broad SMARTS) is 1. The number of nitrogens with two attached hydrogens (primary N) is 4. The Kier molecular flexibility index (Phi) is 38.0. The third-order valence-corrected chi connectivity index (χ3v) is 15.5. The van der Waals surface area contributed by atoms with Crippen LogP contribution in [0.1, 0.15) is 155 Å². The molecule has 4 aromatic rings. The molecular formula is C71H106N8O10. The second-order valence-electron chi connectivity index (χ2n) is 23.9. The van der Waals surface area contributed by atoms with Gasteiger partial charge in [0.25, 0.3) is 0 Å². The fourth-order valence-corrected chi connectivity index (χ4v) is 10.7. The number of ketones is 4. The minimum Gasteiger partial charge on any atom is -0.480 e. The van der Waals surface area contributed by atoms with Crippen molar-refractivity contribution in [3.05, 3.63) is 144 Å². The van der Waals surface area contributed by atoms with E-state index in [1.165, 1.54) is 0 Å². The van der Waals surface area contributed by atoms with E-state index in [-0.39, 0.29) is 120 Å². The summed E-state index contributed by atoms with van der Waals surface area (Å²) in [4.78, 5) is 124. The number of hydrogen-bond donors (Lipinski definition) is 9. The summed E-state index contributed by atoms with van der Waals surface area (Å²) in [6.45, 7) is 12.3. The number of benzene rings is 4. The average Bonchev–Trinajstić information content (AvgIpc) is 3.58. The molecule has 0 saturated carbocycles. The molecule has 0 fully saturated rings. The fourth-order valence-electron chi connectivity index (χ4n) is 10.7. The Morgan fingerprint density at radius 1 is 0.404 bits per heavy atom. The first-order valence-electron chi connectivity index (χ1n) is 31.8. The molecule has 4 rings (SSSR count). The minimum absolute atomic E-state index is 0. The third-order valence-electron chi connectivity index (χ3n) is 15.5. The maximum Gasteiger partial charge on any atom is 0.326 e. The predicted molar refractivity (Wildman–Crippen MR) is 353 cm³/mol. The van der Waals surface area contributed by atoms with Gasteiger partial charge in [-0.15, -0.1) is 0 Å². The van der Waals surface area contributed by atoms with Gasteiger partial charge in [-0.3, -0.25) is 38.4 Å². The summed E-state index contributed by atoms with van der Waals surface area (Å²) in [6.07, 6.45) is 2.73. The summed E-state index contributed by atoms with van der Waals surface area (Å²) in [5.74, 6) is -8.09. The van der Waals surface area contributed by atoms with Crippen molar-refractivity contribution in [1.82, 2.24) is 21.3 Å². The largest absolute Gasteiger partial charge is 0.480 e. The van der Waals surface area contributed by atoms with Crippen molar-refractivity contribution in [2.75, 3.05) is 19.6 Å². The monoisotopic (exact) mass is 1230 g/mol. The molecule has 18 heteroatoms. The lowest BCUT2D eigenvalue weighted by atomic mass is 9.88. The van der Waals surface area contributed by atoms with Crippen LogP contribution >= 0.6 is 0 Å². The fraction of sp³-hybridized carbons (Fsp3) is 0.535. The number of carbonyl (C=O) groups excluding carboxylic acids is 8. The molecule has 490 valence electrons. The molecule has 9 atom stereocenters. The van der Waals surface area contributed by atoms with Crippen LogP contribution in [0.15, 0.2) is 121 Å². The van der Waals surface area contributed by atoms with Crippen LogP contribution in [0.5, 0.6) is 0 Å². The number of Topliss-reactive ketones (excluding diaryl/α,β-unsaturated/α-hetero) is 4. The van der Waals surface area contributed by atoms with E-state index in [1.807, 2.05) is 163 Å². The van der Waals surface area contributed by atoms with Crippen molar-refractivity contribution >= 4 is 52.7 Å². The molecule has 18 nitrogen and oxygen atoms in total. The SMILES string of the molecule is C.CC.CC(C)C[C@@H](NC(=O)[C@H](CC(=O)[C@H](N)Cc1ccccc1)Cc1ccccc1)C(=O)C[C@H](CCCN)C(=O)NCCCC[C@@H](NC(=O)[C@@H](CCCN)CC(=O)[C@@H](CC(C)C)NC(=O)[C@H](CC(=O)[C@H](N)Cc1ccccc1)Cc1ccccc1)C(=O)O. The molecule has 89 heavy (non-hydrogen) atoms. The summed E-state index contributed by atoms with van der Waals surface area (Å²) in [6, 6.07) is 32.3. The van der Waals surface area contributed by atoms with Crippen LogP contribution < -0.4 is 44.2 Å². The van der Waals surface area contributed by atoms with Crippen molar-refractivity contribution in [3.63, 3.8) is 0 Å². The molecule has 0 aliphatic carbocycles. The molecule has 4 aromatic carbocycles. The van der Waals surface area contributed by atoms with E-state index in [1.54, 1.807) is 0 Å². The van der Waals surface area contributed by atoms with Gasteiger partial charge in [0.1, 0.15) is 6.04 Å². The van der Waals surface area contributed by atoms with Crippen LogP contribution in [0.2, 0.25) is 0 Å². The van der Waals surface area contributed by atoms with Crippen LogP contribution in [-0.2, 0) is 68.8 Å². The number of carboxylic acids is 1. The molecule has 0 aromatic heterocycles. The molecule has 13 N–H and O–H groups in total. The molecule has 0 bridgehead atoms. The van der Waals surface area contributed by atoms with Crippen molar-refractivity contribution in [2.45, 2.75) is 188 Å².